The molecule has 4 nitrogen and oxygen atoms in total. The molecule has 5 heteroatoms. The van der Waals surface area contributed by atoms with E-state index < -0.39 is 0 Å². The molecule has 0 unspecified atom stereocenters. The van der Waals surface area contributed by atoms with Crippen molar-refractivity contribution in [2.24, 2.45) is 0 Å². The lowest BCUT2D eigenvalue weighted by atomic mass is 10.1. The van der Waals surface area contributed by atoms with Crippen LogP contribution in [-0.2, 0) is 4.79 Å². The third kappa shape index (κ3) is 2.95. The van der Waals surface area contributed by atoms with Gasteiger partial charge in [-0.2, -0.15) is 0 Å². The summed E-state index contributed by atoms with van der Waals surface area (Å²) in [4.78, 5) is 21.1. The van der Waals surface area contributed by atoms with Gasteiger partial charge in [-0.1, -0.05) is 23.5 Å². The Morgan fingerprint density at radius 2 is 1.91 bits per heavy atom. The normalized spacial score (nSPS) is 15.3. The molecule has 2 aromatic rings. The van der Waals surface area contributed by atoms with Gasteiger partial charge < -0.3 is 9.80 Å². The highest BCUT2D eigenvalue weighted by Gasteiger charge is 2.20. The van der Waals surface area contributed by atoms with E-state index in [0.29, 0.717) is 6.54 Å². The van der Waals surface area contributed by atoms with Crippen LogP contribution in [0.4, 0.5) is 5.13 Å². The molecule has 118 valence electrons. The standard InChI is InChI=1S/C17H23N3OS/c1-12-7-8-13(2)16-15(12)18-17(22-16)19(3)11-14(21)20-9-5-4-6-10-20/h7-8H,4-6,9-11H2,1-3H3. The summed E-state index contributed by atoms with van der Waals surface area (Å²) in [5.41, 5.74) is 3.51. The van der Waals surface area contributed by atoms with Crippen molar-refractivity contribution >= 4 is 32.6 Å². The first-order chi connectivity index (χ1) is 10.6. The number of aryl methyl sites for hydroxylation is 2. The average Bonchev–Trinajstić information content (AvgIpc) is 2.98. The lowest BCUT2D eigenvalue weighted by Crippen LogP contribution is -2.41. The van der Waals surface area contributed by atoms with Crippen LogP contribution in [-0.4, -0.2) is 42.5 Å². The van der Waals surface area contributed by atoms with E-state index in [1.165, 1.54) is 22.2 Å². The number of thiazole rings is 1. The van der Waals surface area contributed by atoms with E-state index in [-0.39, 0.29) is 5.91 Å². The van der Waals surface area contributed by atoms with Crippen molar-refractivity contribution in [3.05, 3.63) is 23.3 Å². The minimum absolute atomic E-state index is 0.218. The van der Waals surface area contributed by atoms with Crippen LogP contribution in [0.5, 0.6) is 0 Å². The van der Waals surface area contributed by atoms with Gasteiger partial charge in [0.15, 0.2) is 5.13 Å². The number of piperidine rings is 1. The minimum atomic E-state index is 0.218. The number of carbonyl (C=O) groups excluding carboxylic acids is 1. The molecule has 3 rings (SSSR count). The number of aromatic nitrogens is 1. The van der Waals surface area contributed by atoms with Crippen molar-refractivity contribution in [3.8, 4) is 0 Å². The number of benzene rings is 1. The van der Waals surface area contributed by atoms with Gasteiger partial charge in [-0.15, -0.1) is 0 Å². The molecule has 22 heavy (non-hydrogen) atoms. The monoisotopic (exact) mass is 317 g/mol. The molecular weight excluding hydrogens is 294 g/mol. The van der Waals surface area contributed by atoms with Gasteiger partial charge in [0.25, 0.3) is 0 Å². The van der Waals surface area contributed by atoms with Gasteiger partial charge in [-0.3, -0.25) is 4.79 Å². The fraction of sp³-hybridized carbons (Fsp3) is 0.529. The third-order valence-electron chi connectivity index (χ3n) is 4.34. The zero-order valence-electron chi connectivity index (χ0n) is 13.6. The second kappa shape index (κ2) is 6.24. The maximum atomic E-state index is 12.4. The summed E-state index contributed by atoms with van der Waals surface area (Å²) in [7, 11) is 1.96. The molecule has 1 saturated heterocycles. The molecule has 0 atom stereocenters. The number of anilines is 1. The van der Waals surface area contributed by atoms with Crippen LogP contribution in [0.15, 0.2) is 12.1 Å². The van der Waals surface area contributed by atoms with Crippen LogP contribution in [0.2, 0.25) is 0 Å². The summed E-state index contributed by atoms with van der Waals surface area (Å²) in [6.07, 6.45) is 3.51. The highest BCUT2D eigenvalue weighted by Crippen LogP contribution is 2.32. The van der Waals surface area contributed by atoms with E-state index in [4.69, 9.17) is 4.98 Å². The summed E-state index contributed by atoms with van der Waals surface area (Å²) in [6.45, 7) is 6.43. The van der Waals surface area contributed by atoms with E-state index in [1.54, 1.807) is 11.3 Å². The lowest BCUT2D eigenvalue weighted by Gasteiger charge is -2.28. The Bertz CT molecular complexity index is 650. The molecule has 1 aliphatic heterocycles. The fourth-order valence-electron chi connectivity index (χ4n) is 2.93. The van der Waals surface area contributed by atoms with Crippen LogP contribution >= 0.6 is 11.3 Å². The average molecular weight is 317 g/mol. The maximum Gasteiger partial charge on any atom is 0.242 e. The topological polar surface area (TPSA) is 36.4 Å². The molecular formula is C17H23N3OS. The van der Waals surface area contributed by atoms with Crippen LogP contribution < -0.4 is 4.90 Å². The van der Waals surface area contributed by atoms with Crippen molar-refractivity contribution in [3.63, 3.8) is 0 Å². The Morgan fingerprint density at radius 3 is 2.59 bits per heavy atom. The zero-order chi connectivity index (χ0) is 15.7. The number of hydrogen-bond acceptors (Lipinski definition) is 4. The Labute approximate surface area is 135 Å². The lowest BCUT2D eigenvalue weighted by molar-refractivity contribution is -0.130. The summed E-state index contributed by atoms with van der Waals surface area (Å²) < 4.78 is 1.23. The molecule has 1 aromatic heterocycles. The minimum Gasteiger partial charge on any atom is -0.342 e. The number of amides is 1. The van der Waals surface area contributed by atoms with Crippen LogP contribution in [0.1, 0.15) is 30.4 Å². The summed E-state index contributed by atoms with van der Waals surface area (Å²) >= 11 is 1.68. The van der Waals surface area contributed by atoms with Gasteiger partial charge in [0.1, 0.15) is 0 Å². The van der Waals surface area contributed by atoms with E-state index in [1.807, 2.05) is 16.8 Å². The molecule has 0 radical (unpaired) electrons. The van der Waals surface area contributed by atoms with Crippen LogP contribution in [0.25, 0.3) is 10.2 Å². The molecule has 0 N–H and O–H groups in total. The Kier molecular flexibility index (Phi) is 4.34. The van der Waals surface area contributed by atoms with Crippen molar-refractivity contribution < 1.29 is 4.79 Å². The Morgan fingerprint density at radius 1 is 1.23 bits per heavy atom. The largest absolute Gasteiger partial charge is 0.342 e. The number of carbonyl (C=O) groups is 1. The third-order valence-corrected chi connectivity index (χ3v) is 5.64. The number of nitrogens with zero attached hydrogens (tertiary/aromatic N) is 3. The second-order valence-corrected chi connectivity index (χ2v) is 7.15. The summed E-state index contributed by atoms with van der Waals surface area (Å²) in [6, 6.07) is 4.25. The molecule has 0 aliphatic carbocycles. The highest BCUT2D eigenvalue weighted by atomic mass is 32.1. The first-order valence-corrected chi connectivity index (χ1v) is 8.73. The number of fused-ring (bicyclic) bond motifs is 1. The molecule has 1 aromatic carbocycles. The summed E-state index contributed by atoms with van der Waals surface area (Å²) in [5, 5.41) is 0.928. The molecule has 0 bridgehead atoms. The second-order valence-electron chi connectivity index (χ2n) is 6.17. The molecule has 1 fully saturated rings. The van der Waals surface area contributed by atoms with E-state index in [9.17, 15) is 4.79 Å². The van der Waals surface area contributed by atoms with Gasteiger partial charge in [0.2, 0.25) is 5.91 Å². The van der Waals surface area contributed by atoms with Gasteiger partial charge in [0.05, 0.1) is 16.8 Å². The van der Waals surface area contributed by atoms with Crippen LogP contribution in [0.3, 0.4) is 0 Å². The SMILES string of the molecule is Cc1ccc(C)c2sc(N(C)CC(=O)N3CCCCC3)nc12. The fourth-order valence-corrected chi connectivity index (χ4v) is 4.00. The van der Waals surface area contributed by atoms with Crippen molar-refractivity contribution in [2.75, 3.05) is 31.6 Å². The van der Waals surface area contributed by atoms with Gasteiger partial charge in [0, 0.05) is 20.1 Å². The van der Waals surface area contributed by atoms with Crippen molar-refractivity contribution in [1.29, 1.82) is 0 Å². The maximum absolute atomic E-state index is 12.4. The molecule has 0 spiro atoms. The Balaban J connectivity index is 1.77. The number of rotatable bonds is 3. The molecule has 0 saturated carbocycles. The predicted molar refractivity (Wildman–Crippen MR) is 92.8 cm³/mol. The Hall–Kier alpha value is -1.62. The smallest absolute Gasteiger partial charge is 0.242 e. The van der Waals surface area contributed by atoms with Crippen LogP contribution in [0, 0.1) is 13.8 Å². The number of likely N-dealkylation sites (N-methyl/N-ethyl adjacent to an activating group) is 1. The van der Waals surface area contributed by atoms with Crippen molar-refractivity contribution in [1.82, 2.24) is 9.88 Å². The zero-order valence-corrected chi connectivity index (χ0v) is 14.4. The summed E-state index contributed by atoms with van der Waals surface area (Å²) in [5.74, 6) is 0.218. The first kappa shape index (κ1) is 15.3. The molecule has 2 heterocycles. The highest BCUT2D eigenvalue weighted by molar-refractivity contribution is 7.22. The van der Waals surface area contributed by atoms with Gasteiger partial charge in [-0.25, -0.2) is 4.98 Å². The van der Waals surface area contributed by atoms with Crippen molar-refractivity contribution in [2.45, 2.75) is 33.1 Å². The van der Waals surface area contributed by atoms with E-state index in [2.05, 4.69) is 26.0 Å². The number of likely N-dealkylation sites (tertiary alicyclic amines) is 1. The predicted octanol–water partition coefficient (Wildman–Crippen LogP) is 3.36. The molecule has 1 amide bonds. The van der Waals surface area contributed by atoms with Gasteiger partial charge >= 0.3 is 0 Å². The molecule has 1 aliphatic rings. The quantitative estimate of drug-likeness (QED) is 0.871. The first-order valence-electron chi connectivity index (χ1n) is 7.92. The van der Waals surface area contributed by atoms with E-state index >= 15 is 0 Å². The number of hydrogen-bond donors (Lipinski definition) is 0. The van der Waals surface area contributed by atoms with E-state index in [0.717, 1.165) is 36.6 Å². The van der Waals surface area contributed by atoms with Gasteiger partial charge in [-0.05, 0) is 44.2 Å².